The molecule has 1 aromatic carbocycles. The van der Waals surface area contributed by atoms with Crippen LogP contribution in [0.15, 0.2) is 28.7 Å². The highest BCUT2D eigenvalue weighted by Gasteiger charge is 2.21. The predicted octanol–water partition coefficient (Wildman–Crippen LogP) is 1.87. The van der Waals surface area contributed by atoms with Crippen molar-refractivity contribution in [2.75, 3.05) is 39.8 Å². The number of carbonyl (C=O) groups is 1. The van der Waals surface area contributed by atoms with Gasteiger partial charge in [-0.1, -0.05) is 34.1 Å². The number of nitrogens with one attached hydrogen (secondary N) is 1. The topological polar surface area (TPSA) is 35.6 Å². The SMILES string of the molecule is CC(c1ccccc1Br)N(C)CC(=O)N1CCNCC1. The monoisotopic (exact) mass is 339 g/mol. The third kappa shape index (κ3) is 3.81. The van der Waals surface area contributed by atoms with Crippen molar-refractivity contribution in [1.82, 2.24) is 15.1 Å². The number of carbonyl (C=O) groups excluding carboxylic acids is 1. The minimum atomic E-state index is 0.206. The first-order valence-electron chi connectivity index (χ1n) is 7.02. The number of benzene rings is 1. The number of rotatable bonds is 4. The number of hydrogen-bond acceptors (Lipinski definition) is 3. The molecule has 0 spiro atoms. The summed E-state index contributed by atoms with van der Waals surface area (Å²) in [6, 6.07) is 8.38. The first-order valence-corrected chi connectivity index (χ1v) is 7.82. The first-order chi connectivity index (χ1) is 9.59. The van der Waals surface area contributed by atoms with E-state index in [0.29, 0.717) is 6.54 Å². The first kappa shape index (κ1) is 15.5. The molecular weight excluding hydrogens is 318 g/mol. The van der Waals surface area contributed by atoms with E-state index in [1.807, 2.05) is 30.1 Å². The standard InChI is InChI=1S/C15H22BrN3O/c1-12(13-5-3-4-6-14(13)16)18(2)11-15(20)19-9-7-17-8-10-19/h3-6,12,17H,7-11H2,1-2H3. The fourth-order valence-corrected chi connectivity index (χ4v) is 3.03. The van der Waals surface area contributed by atoms with Gasteiger partial charge < -0.3 is 10.2 Å². The highest BCUT2D eigenvalue weighted by molar-refractivity contribution is 9.10. The number of piperazine rings is 1. The fourth-order valence-electron chi connectivity index (χ4n) is 2.42. The Morgan fingerprint density at radius 3 is 2.70 bits per heavy atom. The Labute approximate surface area is 129 Å². The summed E-state index contributed by atoms with van der Waals surface area (Å²) in [4.78, 5) is 16.3. The van der Waals surface area contributed by atoms with Gasteiger partial charge in [-0.05, 0) is 25.6 Å². The van der Waals surface area contributed by atoms with Gasteiger partial charge in [0.2, 0.25) is 5.91 Å². The van der Waals surface area contributed by atoms with E-state index in [2.05, 4.69) is 39.1 Å². The van der Waals surface area contributed by atoms with Crippen molar-refractivity contribution in [2.24, 2.45) is 0 Å². The number of nitrogens with zero attached hydrogens (tertiary/aromatic N) is 2. The molecule has 0 bridgehead atoms. The Balaban J connectivity index is 1.95. The molecule has 1 saturated heterocycles. The zero-order valence-corrected chi connectivity index (χ0v) is 13.7. The van der Waals surface area contributed by atoms with E-state index in [9.17, 15) is 4.79 Å². The second-order valence-electron chi connectivity index (χ2n) is 5.24. The van der Waals surface area contributed by atoms with E-state index in [1.165, 1.54) is 5.56 Å². The molecule has 1 unspecified atom stereocenters. The molecule has 1 amide bonds. The predicted molar refractivity (Wildman–Crippen MR) is 84.6 cm³/mol. The summed E-state index contributed by atoms with van der Waals surface area (Å²) in [6.07, 6.45) is 0. The van der Waals surface area contributed by atoms with Crippen LogP contribution < -0.4 is 5.32 Å². The fraction of sp³-hybridized carbons (Fsp3) is 0.533. The van der Waals surface area contributed by atoms with Gasteiger partial charge in [0.05, 0.1) is 6.54 Å². The van der Waals surface area contributed by atoms with Crippen LogP contribution >= 0.6 is 15.9 Å². The van der Waals surface area contributed by atoms with Crippen molar-refractivity contribution in [2.45, 2.75) is 13.0 Å². The van der Waals surface area contributed by atoms with Crippen molar-refractivity contribution in [1.29, 1.82) is 0 Å². The van der Waals surface area contributed by atoms with E-state index in [1.54, 1.807) is 0 Å². The van der Waals surface area contributed by atoms with Crippen molar-refractivity contribution in [3.8, 4) is 0 Å². The van der Waals surface area contributed by atoms with Gasteiger partial charge in [-0.2, -0.15) is 0 Å². The van der Waals surface area contributed by atoms with E-state index in [0.717, 1.165) is 30.7 Å². The molecule has 1 atom stereocenters. The number of amides is 1. The molecule has 5 heteroatoms. The van der Waals surface area contributed by atoms with Gasteiger partial charge in [-0.25, -0.2) is 0 Å². The summed E-state index contributed by atoms with van der Waals surface area (Å²) < 4.78 is 1.09. The summed E-state index contributed by atoms with van der Waals surface area (Å²) in [5.74, 6) is 0.216. The van der Waals surface area contributed by atoms with Gasteiger partial charge in [0.25, 0.3) is 0 Å². The summed E-state index contributed by atoms with van der Waals surface area (Å²) >= 11 is 3.58. The van der Waals surface area contributed by atoms with Crippen LogP contribution in [-0.2, 0) is 4.79 Å². The second-order valence-corrected chi connectivity index (χ2v) is 6.10. The molecular formula is C15H22BrN3O. The maximum atomic E-state index is 12.3. The minimum absolute atomic E-state index is 0.206. The molecule has 1 aliphatic rings. The number of likely N-dealkylation sites (N-methyl/N-ethyl adjacent to an activating group) is 1. The molecule has 1 heterocycles. The van der Waals surface area contributed by atoms with Crippen molar-refractivity contribution < 1.29 is 4.79 Å². The zero-order chi connectivity index (χ0) is 14.5. The largest absolute Gasteiger partial charge is 0.339 e. The molecule has 0 aromatic heterocycles. The summed E-state index contributed by atoms with van der Waals surface area (Å²) in [7, 11) is 2.00. The third-order valence-electron chi connectivity index (χ3n) is 3.87. The Kier molecular flexibility index (Phi) is 5.57. The lowest BCUT2D eigenvalue weighted by molar-refractivity contribution is -0.133. The maximum absolute atomic E-state index is 12.3. The van der Waals surface area contributed by atoms with Crippen LogP contribution in [0.3, 0.4) is 0 Å². The van der Waals surface area contributed by atoms with Crippen LogP contribution in [0.2, 0.25) is 0 Å². The number of halogens is 1. The van der Waals surface area contributed by atoms with E-state index in [4.69, 9.17) is 0 Å². The Morgan fingerprint density at radius 1 is 1.40 bits per heavy atom. The van der Waals surface area contributed by atoms with Crippen LogP contribution in [-0.4, -0.2) is 55.5 Å². The average Bonchev–Trinajstić information content (AvgIpc) is 2.48. The van der Waals surface area contributed by atoms with Gasteiger partial charge in [-0.3, -0.25) is 9.69 Å². The van der Waals surface area contributed by atoms with E-state index < -0.39 is 0 Å². The summed E-state index contributed by atoms with van der Waals surface area (Å²) in [6.45, 7) is 6.02. The lowest BCUT2D eigenvalue weighted by atomic mass is 10.1. The van der Waals surface area contributed by atoms with E-state index in [-0.39, 0.29) is 11.9 Å². The zero-order valence-electron chi connectivity index (χ0n) is 12.1. The molecule has 4 nitrogen and oxygen atoms in total. The molecule has 1 N–H and O–H groups in total. The van der Waals surface area contributed by atoms with Gasteiger partial charge >= 0.3 is 0 Å². The summed E-state index contributed by atoms with van der Waals surface area (Å²) in [5, 5.41) is 3.27. The van der Waals surface area contributed by atoms with Crippen molar-refractivity contribution in [3.63, 3.8) is 0 Å². The normalized spacial score (nSPS) is 17.3. The van der Waals surface area contributed by atoms with Gasteiger partial charge in [0.1, 0.15) is 0 Å². The highest BCUT2D eigenvalue weighted by atomic mass is 79.9. The quantitative estimate of drug-likeness (QED) is 0.909. The van der Waals surface area contributed by atoms with Crippen LogP contribution in [0.5, 0.6) is 0 Å². The van der Waals surface area contributed by atoms with Crippen LogP contribution in [0.1, 0.15) is 18.5 Å². The lowest BCUT2D eigenvalue weighted by Gasteiger charge is -2.31. The molecule has 0 radical (unpaired) electrons. The number of hydrogen-bond donors (Lipinski definition) is 1. The Bertz CT molecular complexity index is 460. The Morgan fingerprint density at radius 2 is 2.05 bits per heavy atom. The summed E-state index contributed by atoms with van der Waals surface area (Å²) in [5.41, 5.74) is 1.21. The molecule has 1 aliphatic heterocycles. The van der Waals surface area contributed by atoms with Crippen LogP contribution in [0.4, 0.5) is 0 Å². The van der Waals surface area contributed by atoms with Crippen molar-refractivity contribution in [3.05, 3.63) is 34.3 Å². The average molecular weight is 340 g/mol. The highest BCUT2D eigenvalue weighted by Crippen LogP contribution is 2.26. The lowest BCUT2D eigenvalue weighted by Crippen LogP contribution is -2.49. The minimum Gasteiger partial charge on any atom is -0.339 e. The van der Waals surface area contributed by atoms with Gasteiger partial charge in [0, 0.05) is 36.7 Å². The molecule has 0 saturated carbocycles. The molecule has 2 rings (SSSR count). The van der Waals surface area contributed by atoms with E-state index >= 15 is 0 Å². The van der Waals surface area contributed by atoms with Crippen molar-refractivity contribution >= 4 is 21.8 Å². The molecule has 20 heavy (non-hydrogen) atoms. The molecule has 1 aromatic rings. The molecule has 0 aliphatic carbocycles. The third-order valence-corrected chi connectivity index (χ3v) is 4.59. The molecule has 1 fully saturated rings. The Hall–Kier alpha value is -0.910. The van der Waals surface area contributed by atoms with Crippen LogP contribution in [0.25, 0.3) is 0 Å². The van der Waals surface area contributed by atoms with Gasteiger partial charge in [-0.15, -0.1) is 0 Å². The van der Waals surface area contributed by atoms with Gasteiger partial charge in [0.15, 0.2) is 0 Å². The van der Waals surface area contributed by atoms with Crippen LogP contribution in [0, 0.1) is 0 Å². The smallest absolute Gasteiger partial charge is 0.236 e. The second kappa shape index (κ2) is 7.20. The maximum Gasteiger partial charge on any atom is 0.236 e. The molecule has 110 valence electrons.